The summed E-state index contributed by atoms with van der Waals surface area (Å²) in [5.74, 6) is 0.357. The molecule has 0 saturated heterocycles. The van der Waals surface area contributed by atoms with Crippen molar-refractivity contribution in [3.63, 3.8) is 0 Å². The van der Waals surface area contributed by atoms with E-state index in [4.69, 9.17) is 4.74 Å². The van der Waals surface area contributed by atoms with Gasteiger partial charge in [-0.15, -0.1) is 0 Å². The number of unbranched alkanes of at least 4 members (excludes halogenated alkanes) is 1. The summed E-state index contributed by atoms with van der Waals surface area (Å²) in [6.07, 6.45) is 1.99. The standard InChI is InChI=1S/C21H25BrN2O3/c1-4-5-10-23-21(26)16-6-8-18(9-7-16)24-19(25)13-27-20-14(2)11-17(22)12-15(20)3/h6-9,11-12H,4-5,10,13H2,1-3H3,(H,23,26)(H,24,25). The van der Waals surface area contributed by atoms with Gasteiger partial charge in [-0.05, 0) is 67.8 Å². The Morgan fingerprint density at radius 2 is 1.70 bits per heavy atom. The van der Waals surface area contributed by atoms with E-state index in [1.54, 1.807) is 24.3 Å². The van der Waals surface area contributed by atoms with Crippen LogP contribution < -0.4 is 15.4 Å². The average molecular weight is 433 g/mol. The Hall–Kier alpha value is -2.34. The lowest BCUT2D eigenvalue weighted by atomic mass is 10.1. The van der Waals surface area contributed by atoms with Crippen molar-refractivity contribution in [2.24, 2.45) is 0 Å². The minimum absolute atomic E-state index is 0.0808. The van der Waals surface area contributed by atoms with Crippen LogP contribution in [-0.4, -0.2) is 25.0 Å². The van der Waals surface area contributed by atoms with Crippen molar-refractivity contribution in [1.29, 1.82) is 0 Å². The van der Waals surface area contributed by atoms with E-state index < -0.39 is 0 Å². The summed E-state index contributed by atoms with van der Waals surface area (Å²) in [5.41, 5.74) is 3.13. The number of ether oxygens (including phenoxy) is 1. The van der Waals surface area contributed by atoms with Crippen molar-refractivity contribution in [2.45, 2.75) is 33.6 Å². The fourth-order valence-electron chi connectivity index (χ4n) is 2.65. The molecule has 2 aromatic rings. The highest BCUT2D eigenvalue weighted by molar-refractivity contribution is 9.10. The van der Waals surface area contributed by atoms with Gasteiger partial charge in [0.1, 0.15) is 5.75 Å². The molecule has 0 saturated carbocycles. The van der Waals surface area contributed by atoms with Crippen molar-refractivity contribution >= 4 is 33.4 Å². The summed E-state index contributed by atoms with van der Waals surface area (Å²) in [4.78, 5) is 24.1. The first-order valence-electron chi connectivity index (χ1n) is 8.98. The van der Waals surface area contributed by atoms with E-state index in [2.05, 4.69) is 33.5 Å². The van der Waals surface area contributed by atoms with E-state index in [0.717, 1.165) is 28.4 Å². The van der Waals surface area contributed by atoms with E-state index in [1.807, 2.05) is 26.0 Å². The minimum atomic E-state index is -0.253. The van der Waals surface area contributed by atoms with Gasteiger partial charge in [0, 0.05) is 22.3 Å². The predicted octanol–water partition coefficient (Wildman–Crippen LogP) is 4.61. The molecule has 0 bridgehead atoms. The molecule has 2 amide bonds. The maximum Gasteiger partial charge on any atom is 0.262 e. The number of nitrogens with one attached hydrogen (secondary N) is 2. The average Bonchev–Trinajstić information content (AvgIpc) is 2.61. The molecule has 0 unspecified atom stereocenters. The number of amides is 2. The van der Waals surface area contributed by atoms with E-state index in [-0.39, 0.29) is 18.4 Å². The number of rotatable bonds is 8. The molecule has 27 heavy (non-hydrogen) atoms. The summed E-state index contributed by atoms with van der Waals surface area (Å²) < 4.78 is 6.66. The van der Waals surface area contributed by atoms with Crippen LogP contribution in [0.2, 0.25) is 0 Å². The highest BCUT2D eigenvalue weighted by atomic mass is 79.9. The van der Waals surface area contributed by atoms with Crippen LogP contribution in [0.3, 0.4) is 0 Å². The van der Waals surface area contributed by atoms with Gasteiger partial charge in [0.05, 0.1) is 0 Å². The number of carbonyl (C=O) groups is 2. The lowest BCUT2D eigenvalue weighted by Crippen LogP contribution is -2.24. The highest BCUT2D eigenvalue weighted by Crippen LogP contribution is 2.27. The second kappa shape index (κ2) is 10.1. The van der Waals surface area contributed by atoms with Gasteiger partial charge in [0.25, 0.3) is 11.8 Å². The van der Waals surface area contributed by atoms with Crippen LogP contribution in [0.15, 0.2) is 40.9 Å². The minimum Gasteiger partial charge on any atom is -0.483 e. The van der Waals surface area contributed by atoms with Crippen LogP contribution in [0.5, 0.6) is 5.75 Å². The Balaban J connectivity index is 1.88. The van der Waals surface area contributed by atoms with Gasteiger partial charge in [-0.25, -0.2) is 0 Å². The normalized spacial score (nSPS) is 10.4. The van der Waals surface area contributed by atoms with E-state index in [1.165, 1.54) is 0 Å². The fraction of sp³-hybridized carbons (Fsp3) is 0.333. The first-order valence-corrected chi connectivity index (χ1v) is 9.77. The Labute approximate surface area is 168 Å². The van der Waals surface area contributed by atoms with E-state index in [0.29, 0.717) is 23.5 Å². The molecule has 0 aliphatic rings. The van der Waals surface area contributed by atoms with Crippen LogP contribution in [0.4, 0.5) is 5.69 Å². The molecule has 0 aliphatic heterocycles. The van der Waals surface area contributed by atoms with Crippen molar-refractivity contribution in [1.82, 2.24) is 5.32 Å². The van der Waals surface area contributed by atoms with Gasteiger partial charge in [-0.2, -0.15) is 0 Å². The lowest BCUT2D eigenvalue weighted by molar-refractivity contribution is -0.118. The summed E-state index contributed by atoms with van der Waals surface area (Å²) in [6.45, 7) is 6.54. The molecule has 2 N–H and O–H groups in total. The van der Waals surface area contributed by atoms with Gasteiger partial charge in [0.15, 0.2) is 6.61 Å². The quantitative estimate of drug-likeness (QED) is 0.598. The molecule has 0 atom stereocenters. The number of carbonyl (C=O) groups excluding carboxylic acids is 2. The molecule has 6 heteroatoms. The van der Waals surface area contributed by atoms with E-state index in [9.17, 15) is 9.59 Å². The number of hydrogen-bond acceptors (Lipinski definition) is 3. The summed E-state index contributed by atoms with van der Waals surface area (Å²) in [6, 6.07) is 10.7. The number of aryl methyl sites for hydroxylation is 2. The molecule has 2 rings (SSSR count). The zero-order valence-electron chi connectivity index (χ0n) is 15.9. The molecule has 0 heterocycles. The highest BCUT2D eigenvalue weighted by Gasteiger charge is 2.10. The maximum absolute atomic E-state index is 12.1. The molecule has 0 aromatic heterocycles. The molecule has 2 aromatic carbocycles. The molecule has 0 fully saturated rings. The van der Waals surface area contributed by atoms with E-state index >= 15 is 0 Å². The third-order valence-corrected chi connectivity index (χ3v) is 4.48. The first-order chi connectivity index (χ1) is 12.9. The Bertz CT molecular complexity index is 781. The van der Waals surface area contributed by atoms with Gasteiger partial charge in [0.2, 0.25) is 0 Å². The largest absolute Gasteiger partial charge is 0.483 e. The third-order valence-electron chi connectivity index (χ3n) is 4.02. The van der Waals surface area contributed by atoms with Gasteiger partial charge >= 0.3 is 0 Å². The van der Waals surface area contributed by atoms with Crippen LogP contribution in [-0.2, 0) is 4.79 Å². The van der Waals surface area contributed by atoms with Gasteiger partial charge in [-0.3, -0.25) is 9.59 Å². The topological polar surface area (TPSA) is 67.4 Å². The SMILES string of the molecule is CCCCNC(=O)c1ccc(NC(=O)COc2c(C)cc(Br)cc2C)cc1. The molecule has 144 valence electrons. The zero-order chi connectivity index (χ0) is 19.8. The van der Waals surface area contributed by atoms with Crippen molar-refractivity contribution in [3.05, 3.63) is 57.6 Å². The molecular weight excluding hydrogens is 408 g/mol. The number of benzene rings is 2. The Kier molecular flexibility index (Phi) is 7.85. The smallest absolute Gasteiger partial charge is 0.262 e. The first kappa shape index (κ1) is 21.0. The van der Waals surface area contributed by atoms with Crippen molar-refractivity contribution in [2.75, 3.05) is 18.5 Å². The number of hydrogen-bond donors (Lipinski definition) is 2. The Morgan fingerprint density at radius 1 is 1.07 bits per heavy atom. The summed E-state index contributed by atoms with van der Waals surface area (Å²) >= 11 is 3.44. The van der Waals surface area contributed by atoms with Crippen molar-refractivity contribution < 1.29 is 14.3 Å². The van der Waals surface area contributed by atoms with Gasteiger partial charge < -0.3 is 15.4 Å². The predicted molar refractivity (Wildman–Crippen MR) is 111 cm³/mol. The number of halogens is 1. The molecule has 0 radical (unpaired) electrons. The zero-order valence-corrected chi connectivity index (χ0v) is 17.5. The van der Waals surface area contributed by atoms with Gasteiger partial charge in [-0.1, -0.05) is 29.3 Å². The van der Waals surface area contributed by atoms with Crippen LogP contribution in [0, 0.1) is 13.8 Å². The van der Waals surface area contributed by atoms with Crippen LogP contribution in [0.25, 0.3) is 0 Å². The maximum atomic E-state index is 12.1. The molecule has 0 spiro atoms. The monoisotopic (exact) mass is 432 g/mol. The van der Waals surface area contributed by atoms with Crippen LogP contribution in [0.1, 0.15) is 41.3 Å². The Morgan fingerprint density at radius 3 is 2.30 bits per heavy atom. The van der Waals surface area contributed by atoms with Crippen LogP contribution >= 0.6 is 15.9 Å². The third kappa shape index (κ3) is 6.40. The second-order valence-electron chi connectivity index (χ2n) is 6.39. The molecular formula is C21H25BrN2O3. The molecule has 5 nitrogen and oxygen atoms in total. The summed E-state index contributed by atoms with van der Waals surface area (Å²) in [7, 11) is 0. The van der Waals surface area contributed by atoms with Crippen molar-refractivity contribution in [3.8, 4) is 5.75 Å². The number of anilines is 1. The molecule has 0 aliphatic carbocycles. The second-order valence-corrected chi connectivity index (χ2v) is 7.31. The lowest BCUT2D eigenvalue weighted by Gasteiger charge is -2.13. The summed E-state index contributed by atoms with van der Waals surface area (Å²) in [5, 5.41) is 5.64. The fourth-order valence-corrected chi connectivity index (χ4v) is 3.33.